The van der Waals surface area contributed by atoms with Gasteiger partial charge in [-0.25, -0.2) is 4.98 Å². The summed E-state index contributed by atoms with van der Waals surface area (Å²) in [6.07, 6.45) is 4.18. The third kappa shape index (κ3) is 3.09. The molecule has 1 unspecified atom stereocenters. The van der Waals surface area contributed by atoms with Crippen molar-refractivity contribution in [3.63, 3.8) is 0 Å². The monoisotopic (exact) mass is 267 g/mol. The number of aryl methyl sites for hydroxylation is 2. The number of hydrogen-bond acceptors (Lipinski definition) is 4. The summed E-state index contributed by atoms with van der Waals surface area (Å²) in [6, 6.07) is 0. The average Bonchev–Trinajstić information content (AvgIpc) is 2.85. The van der Waals surface area contributed by atoms with Crippen molar-refractivity contribution in [2.45, 2.75) is 39.5 Å². The van der Waals surface area contributed by atoms with Crippen LogP contribution < -0.4 is 11.1 Å². The number of nitrogens with one attached hydrogen (secondary N) is 1. The molecule has 2 rings (SSSR count). The van der Waals surface area contributed by atoms with Crippen molar-refractivity contribution in [2.75, 3.05) is 11.9 Å². The zero-order chi connectivity index (χ0) is 13.1. The maximum absolute atomic E-state index is 12.1. The van der Waals surface area contributed by atoms with Gasteiger partial charge in [-0.15, -0.1) is 11.3 Å². The van der Waals surface area contributed by atoms with Gasteiger partial charge in [0, 0.05) is 11.4 Å². The highest BCUT2D eigenvalue weighted by Crippen LogP contribution is 2.30. The van der Waals surface area contributed by atoms with Crippen LogP contribution in [0.15, 0.2) is 0 Å². The van der Waals surface area contributed by atoms with Gasteiger partial charge in [-0.3, -0.25) is 4.79 Å². The van der Waals surface area contributed by atoms with E-state index >= 15 is 0 Å². The number of nitrogens with zero attached hydrogens (tertiary/aromatic N) is 1. The number of hydrogen-bond donors (Lipinski definition) is 2. The standard InChI is InChI=1S/C13H21N3OS/c1-8(2)6-9(7-14)12(17)16-13-15-10-4-3-5-11(10)18-13/h8-9H,3-7,14H2,1-2H3,(H,15,16,17). The molecule has 0 saturated carbocycles. The molecule has 18 heavy (non-hydrogen) atoms. The molecule has 4 nitrogen and oxygen atoms in total. The number of thiazole rings is 1. The van der Waals surface area contributed by atoms with E-state index in [9.17, 15) is 4.79 Å². The molecule has 1 aliphatic carbocycles. The second-order valence-electron chi connectivity index (χ2n) is 5.29. The number of carbonyl (C=O) groups is 1. The number of rotatable bonds is 5. The van der Waals surface area contributed by atoms with E-state index in [0.717, 1.165) is 24.4 Å². The Kier molecular flexibility index (Phi) is 4.35. The summed E-state index contributed by atoms with van der Waals surface area (Å²) in [4.78, 5) is 17.9. The summed E-state index contributed by atoms with van der Waals surface area (Å²) < 4.78 is 0. The molecule has 1 amide bonds. The Morgan fingerprint density at radius 1 is 1.50 bits per heavy atom. The predicted octanol–water partition coefficient (Wildman–Crippen LogP) is 2.19. The lowest BCUT2D eigenvalue weighted by Gasteiger charge is -2.15. The van der Waals surface area contributed by atoms with Gasteiger partial charge in [-0.05, 0) is 31.6 Å². The van der Waals surface area contributed by atoms with E-state index in [-0.39, 0.29) is 11.8 Å². The van der Waals surface area contributed by atoms with Crippen LogP contribution in [-0.4, -0.2) is 17.4 Å². The minimum atomic E-state index is -0.108. The Bertz CT molecular complexity index is 406. The molecule has 5 heteroatoms. The van der Waals surface area contributed by atoms with E-state index in [1.54, 1.807) is 11.3 Å². The average molecular weight is 267 g/mol. The molecule has 1 aromatic rings. The number of anilines is 1. The first kappa shape index (κ1) is 13.5. The van der Waals surface area contributed by atoms with Crippen LogP contribution in [0.1, 0.15) is 37.3 Å². The lowest BCUT2D eigenvalue weighted by molar-refractivity contribution is -0.120. The van der Waals surface area contributed by atoms with Crippen molar-refractivity contribution in [3.8, 4) is 0 Å². The Morgan fingerprint density at radius 3 is 2.89 bits per heavy atom. The van der Waals surface area contributed by atoms with Gasteiger partial charge in [0.05, 0.1) is 11.6 Å². The molecule has 0 saturated heterocycles. The van der Waals surface area contributed by atoms with Crippen LogP contribution in [0.4, 0.5) is 5.13 Å². The summed E-state index contributed by atoms with van der Waals surface area (Å²) in [6.45, 7) is 4.61. The van der Waals surface area contributed by atoms with Gasteiger partial charge in [-0.2, -0.15) is 0 Å². The Labute approximate surface area is 112 Å². The van der Waals surface area contributed by atoms with Crippen LogP contribution in [0.25, 0.3) is 0 Å². The lowest BCUT2D eigenvalue weighted by atomic mass is 9.96. The fourth-order valence-electron chi connectivity index (χ4n) is 2.33. The van der Waals surface area contributed by atoms with Crippen LogP contribution in [0.3, 0.4) is 0 Å². The second kappa shape index (κ2) is 5.80. The molecular formula is C13H21N3OS. The molecule has 0 spiro atoms. The number of nitrogens with two attached hydrogens (primary N) is 1. The highest BCUT2D eigenvalue weighted by molar-refractivity contribution is 7.15. The molecule has 1 aliphatic rings. The largest absolute Gasteiger partial charge is 0.330 e. The molecule has 1 aromatic heterocycles. The van der Waals surface area contributed by atoms with Crippen molar-refractivity contribution in [3.05, 3.63) is 10.6 Å². The molecular weight excluding hydrogens is 246 g/mol. The minimum absolute atomic E-state index is 0.0126. The molecule has 0 fully saturated rings. The van der Waals surface area contributed by atoms with Gasteiger partial charge in [0.25, 0.3) is 0 Å². The molecule has 0 radical (unpaired) electrons. The van der Waals surface area contributed by atoms with Gasteiger partial charge < -0.3 is 11.1 Å². The fourth-order valence-corrected chi connectivity index (χ4v) is 3.38. The third-order valence-electron chi connectivity index (χ3n) is 3.24. The molecule has 1 atom stereocenters. The molecule has 1 heterocycles. The van der Waals surface area contributed by atoms with E-state index in [4.69, 9.17) is 5.73 Å². The van der Waals surface area contributed by atoms with Crippen LogP contribution >= 0.6 is 11.3 Å². The summed E-state index contributed by atoms with van der Waals surface area (Å²) in [5.41, 5.74) is 6.84. The van der Waals surface area contributed by atoms with Gasteiger partial charge in [0.15, 0.2) is 5.13 Å². The van der Waals surface area contributed by atoms with E-state index < -0.39 is 0 Å². The van der Waals surface area contributed by atoms with Gasteiger partial charge in [0.2, 0.25) is 5.91 Å². The topological polar surface area (TPSA) is 68.0 Å². The smallest absolute Gasteiger partial charge is 0.230 e. The van der Waals surface area contributed by atoms with E-state index in [2.05, 4.69) is 24.1 Å². The first-order valence-corrected chi connectivity index (χ1v) is 7.41. The van der Waals surface area contributed by atoms with Crippen molar-refractivity contribution in [2.24, 2.45) is 17.6 Å². The summed E-state index contributed by atoms with van der Waals surface area (Å²) in [7, 11) is 0. The molecule has 0 aliphatic heterocycles. The van der Waals surface area contributed by atoms with Crippen LogP contribution in [0, 0.1) is 11.8 Å². The van der Waals surface area contributed by atoms with E-state index in [1.165, 1.54) is 17.0 Å². The number of carbonyl (C=O) groups excluding carboxylic acids is 1. The Morgan fingerprint density at radius 2 is 2.28 bits per heavy atom. The quantitative estimate of drug-likeness (QED) is 0.859. The fraction of sp³-hybridized carbons (Fsp3) is 0.692. The normalized spacial score (nSPS) is 15.8. The highest BCUT2D eigenvalue weighted by Gasteiger charge is 2.21. The number of fused-ring (bicyclic) bond motifs is 1. The van der Waals surface area contributed by atoms with Gasteiger partial charge in [0.1, 0.15) is 0 Å². The zero-order valence-corrected chi connectivity index (χ0v) is 11.8. The van der Waals surface area contributed by atoms with Crippen molar-refractivity contribution in [1.29, 1.82) is 0 Å². The third-order valence-corrected chi connectivity index (χ3v) is 4.31. The van der Waals surface area contributed by atoms with Crippen molar-refractivity contribution >= 4 is 22.4 Å². The van der Waals surface area contributed by atoms with Crippen molar-refractivity contribution in [1.82, 2.24) is 4.98 Å². The maximum atomic E-state index is 12.1. The second-order valence-corrected chi connectivity index (χ2v) is 6.38. The Balaban J connectivity index is 1.96. The lowest BCUT2D eigenvalue weighted by Crippen LogP contribution is -2.30. The first-order chi connectivity index (χ1) is 8.60. The van der Waals surface area contributed by atoms with E-state index in [0.29, 0.717) is 12.5 Å². The SMILES string of the molecule is CC(C)CC(CN)C(=O)Nc1nc2c(s1)CCC2. The summed E-state index contributed by atoms with van der Waals surface area (Å²) in [5.74, 6) is 0.382. The van der Waals surface area contributed by atoms with Crippen LogP contribution in [0.2, 0.25) is 0 Å². The molecule has 100 valence electrons. The van der Waals surface area contributed by atoms with Gasteiger partial charge in [-0.1, -0.05) is 13.8 Å². The number of aromatic nitrogens is 1. The van der Waals surface area contributed by atoms with Crippen LogP contribution in [0.5, 0.6) is 0 Å². The zero-order valence-electron chi connectivity index (χ0n) is 11.0. The Hall–Kier alpha value is -0.940. The maximum Gasteiger partial charge on any atom is 0.230 e. The predicted molar refractivity (Wildman–Crippen MR) is 74.8 cm³/mol. The molecule has 0 aromatic carbocycles. The van der Waals surface area contributed by atoms with E-state index in [1.807, 2.05) is 0 Å². The van der Waals surface area contributed by atoms with Crippen LogP contribution in [-0.2, 0) is 17.6 Å². The first-order valence-electron chi connectivity index (χ1n) is 6.59. The highest BCUT2D eigenvalue weighted by atomic mass is 32.1. The number of amides is 1. The molecule has 0 bridgehead atoms. The summed E-state index contributed by atoms with van der Waals surface area (Å²) in [5, 5.41) is 3.66. The molecule has 3 N–H and O–H groups in total. The minimum Gasteiger partial charge on any atom is -0.330 e. The van der Waals surface area contributed by atoms with Crippen molar-refractivity contribution < 1.29 is 4.79 Å². The van der Waals surface area contributed by atoms with Gasteiger partial charge >= 0.3 is 0 Å². The summed E-state index contributed by atoms with van der Waals surface area (Å²) >= 11 is 1.61.